The van der Waals surface area contributed by atoms with Crippen LogP contribution in [-0.2, 0) is 37.3 Å². The topological polar surface area (TPSA) is 83.1 Å². The van der Waals surface area contributed by atoms with Crippen LogP contribution in [0.25, 0.3) is 0 Å². The summed E-state index contributed by atoms with van der Waals surface area (Å²) in [5.74, 6) is 0. The van der Waals surface area contributed by atoms with Gasteiger partial charge in [0.1, 0.15) is 0 Å². The maximum atomic E-state index is 6.93. The van der Waals surface area contributed by atoms with Crippen LogP contribution in [0, 0.1) is 0 Å². The van der Waals surface area contributed by atoms with Crippen molar-refractivity contribution >= 4 is 85.6 Å². The Kier molecular flexibility index (Phi) is 15.7. The van der Waals surface area contributed by atoms with Crippen LogP contribution in [0.5, 0.6) is 0 Å². The molecule has 0 fully saturated rings. The largest absolute Gasteiger partial charge is 0.476 e. The van der Waals surface area contributed by atoms with Gasteiger partial charge in [0.25, 0.3) is 0 Å². The van der Waals surface area contributed by atoms with E-state index in [0.717, 1.165) is 0 Å². The zero-order valence-corrected chi connectivity index (χ0v) is 40.7. The molecule has 42 heavy (non-hydrogen) atoms. The summed E-state index contributed by atoms with van der Waals surface area (Å²) in [6, 6.07) is 0. The predicted molar refractivity (Wildman–Crippen MR) is 200 cm³/mol. The van der Waals surface area contributed by atoms with Gasteiger partial charge in [-0.15, -0.1) is 6.58 Å². The zero-order valence-electron chi connectivity index (χ0n) is 30.7. The molecule has 0 aromatic heterocycles. The molecule has 19 heteroatoms. The summed E-state index contributed by atoms with van der Waals surface area (Å²) in [4.78, 5) is 0. The molecule has 1 radical (unpaired) electrons. The van der Waals surface area contributed by atoms with Gasteiger partial charge in [-0.3, -0.25) is 0 Å². The maximum Gasteiger partial charge on any atom is 0.476 e. The molecule has 0 aliphatic heterocycles. The standard InChI is InChI=1S/C23H65O9Si10/c1-22-33(25-41(20,29-36(8,9)10)30-37(11,12)13)26-42(21,31-38(14,15)16)32-39(17,18)23-24-40(19,27-34(2,3)4)28-35(5,6)7/h22H,1,23H2,2-21H3. The quantitative estimate of drug-likeness (QED) is 0.115. The molecule has 0 spiro atoms. The first-order chi connectivity index (χ1) is 18.1. The Bertz CT molecular complexity index is 829. The summed E-state index contributed by atoms with van der Waals surface area (Å²) in [6.45, 7) is 46.7. The lowest BCUT2D eigenvalue weighted by atomic mass is 11.3. The normalized spacial score (nSPS) is 16.6. The van der Waals surface area contributed by atoms with E-state index in [9.17, 15) is 0 Å². The van der Waals surface area contributed by atoms with Crippen molar-refractivity contribution in [2.75, 3.05) is 6.23 Å². The number of hydrogen-bond donors (Lipinski definition) is 0. The van der Waals surface area contributed by atoms with Crippen LogP contribution in [-0.4, -0.2) is 91.8 Å². The SMILES string of the molecule is C=C[Si](O[Si](C)(O[Si](C)(C)C)O[Si](C)(C)C)O[Si](C)(O[Si](C)(C)C)O[Si](C)(C)CO[Si](C)(O[Si](C)(C)C)O[Si](C)(C)C. The van der Waals surface area contributed by atoms with Crippen molar-refractivity contribution in [2.24, 2.45) is 0 Å². The summed E-state index contributed by atoms with van der Waals surface area (Å²) in [6.07, 6.45) is 0.409. The molecule has 0 saturated carbocycles. The molecule has 0 N–H and O–H groups in total. The van der Waals surface area contributed by atoms with E-state index in [0.29, 0.717) is 6.23 Å². The fourth-order valence-electron chi connectivity index (χ4n) is 4.29. The Morgan fingerprint density at radius 1 is 0.429 bits per heavy atom. The van der Waals surface area contributed by atoms with Gasteiger partial charge in [0.15, 0.2) is 41.6 Å². The first kappa shape index (κ1) is 43.5. The van der Waals surface area contributed by atoms with Gasteiger partial charge in [0, 0.05) is 19.6 Å². The zero-order chi connectivity index (χ0) is 33.9. The van der Waals surface area contributed by atoms with Crippen LogP contribution in [0.15, 0.2) is 12.3 Å². The van der Waals surface area contributed by atoms with Crippen LogP contribution in [0.4, 0.5) is 0 Å². The van der Waals surface area contributed by atoms with Crippen LogP contribution < -0.4 is 0 Å². The van der Waals surface area contributed by atoms with E-state index < -0.39 is 85.6 Å². The number of hydrogen-bond acceptors (Lipinski definition) is 9. The van der Waals surface area contributed by atoms with E-state index in [-0.39, 0.29) is 0 Å². The van der Waals surface area contributed by atoms with Gasteiger partial charge in [-0.1, -0.05) is 0 Å². The van der Waals surface area contributed by atoms with Crippen molar-refractivity contribution in [3.63, 3.8) is 0 Å². The third-order valence-electron chi connectivity index (χ3n) is 4.34. The van der Waals surface area contributed by atoms with Crippen molar-refractivity contribution in [3.05, 3.63) is 12.3 Å². The monoisotopic (exact) mass is 765 g/mol. The molecule has 0 rings (SSSR count). The first-order valence-electron chi connectivity index (χ1n) is 14.8. The van der Waals surface area contributed by atoms with E-state index in [1.54, 1.807) is 5.70 Å². The second-order valence-corrected chi connectivity index (χ2v) is 54.5. The Labute approximate surface area is 271 Å². The summed E-state index contributed by atoms with van der Waals surface area (Å²) < 4.78 is 60.0. The highest BCUT2D eigenvalue weighted by Gasteiger charge is 2.52. The molecule has 1 atom stereocenters. The van der Waals surface area contributed by atoms with Crippen molar-refractivity contribution in [2.45, 2.75) is 131 Å². The van der Waals surface area contributed by atoms with Crippen LogP contribution in [0.2, 0.25) is 131 Å². The van der Waals surface area contributed by atoms with Gasteiger partial charge in [-0.25, -0.2) is 0 Å². The summed E-state index contributed by atoms with van der Waals surface area (Å²) in [7, 11) is -23.6. The summed E-state index contributed by atoms with van der Waals surface area (Å²) in [5.41, 5.74) is 1.75. The van der Waals surface area contributed by atoms with E-state index in [4.69, 9.17) is 37.3 Å². The molecular formula is C23H65O9Si10. The maximum absolute atomic E-state index is 6.93. The molecule has 0 bridgehead atoms. The minimum atomic E-state index is -3.23. The Balaban J connectivity index is 6.20. The molecule has 0 amide bonds. The molecular weight excluding hydrogens is 701 g/mol. The second kappa shape index (κ2) is 15.2. The third-order valence-corrected chi connectivity index (χ3v) is 34.4. The summed E-state index contributed by atoms with van der Waals surface area (Å²) >= 11 is 0. The molecule has 0 aliphatic carbocycles. The first-order valence-corrected chi connectivity index (χ1v) is 43.0. The van der Waals surface area contributed by atoms with Gasteiger partial charge in [0.05, 0.1) is 6.23 Å². The minimum absolute atomic E-state index is 0.409. The van der Waals surface area contributed by atoms with Crippen LogP contribution >= 0.6 is 0 Å². The van der Waals surface area contributed by atoms with Gasteiger partial charge < -0.3 is 37.3 Å². The summed E-state index contributed by atoms with van der Waals surface area (Å²) in [5, 5.41) is 0. The smallest absolute Gasteiger partial charge is 0.417 e. The van der Waals surface area contributed by atoms with E-state index >= 15 is 0 Å². The van der Waals surface area contributed by atoms with Crippen molar-refractivity contribution in [1.29, 1.82) is 0 Å². The molecule has 0 saturated heterocycles. The molecule has 0 aromatic carbocycles. The molecule has 0 heterocycles. The van der Waals surface area contributed by atoms with Crippen LogP contribution in [0.1, 0.15) is 0 Å². The molecule has 251 valence electrons. The highest BCUT2D eigenvalue weighted by molar-refractivity contribution is 6.91. The van der Waals surface area contributed by atoms with E-state index in [1.807, 2.05) is 19.6 Å². The molecule has 0 aliphatic rings. The second-order valence-electron chi connectivity index (χ2n) is 16.5. The lowest BCUT2D eigenvalue weighted by Gasteiger charge is -2.43. The van der Waals surface area contributed by atoms with Gasteiger partial charge in [0.2, 0.25) is 8.32 Å². The van der Waals surface area contributed by atoms with Gasteiger partial charge in [-0.2, -0.15) is 0 Å². The average molecular weight is 767 g/mol. The fraction of sp³-hybridized carbons (Fsp3) is 0.913. The number of rotatable bonds is 20. The van der Waals surface area contributed by atoms with Crippen molar-refractivity contribution in [1.82, 2.24) is 0 Å². The highest BCUT2D eigenvalue weighted by atomic mass is 28.5. The molecule has 9 nitrogen and oxygen atoms in total. The van der Waals surface area contributed by atoms with Crippen LogP contribution in [0.3, 0.4) is 0 Å². The van der Waals surface area contributed by atoms with Gasteiger partial charge >= 0.3 is 35.7 Å². The predicted octanol–water partition coefficient (Wildman–Crippen LogP) is 7.97. The lowest BCUT2D eigenvalue weighted by Crippen LogP contribution is -2.63. The van der Waals surface area contributed by atoms with E-state index in [1.165, 1.54) is 0 Å². The Morgan fingerprint density at radius 3 is 0.952 bits per heavy atom. The molecule has 1 unspecified atom stereocenters. The van der Waals surface area contributed by atoms with Gasteiger partial charge in [-0.05, 0) is 117 Å². The fourth-order valence-corrected chi connectivity index (χ4v) is 41.6. The lowest BCUT2D eigenvalue weighted by molar-refractivity contribution is 0.176. The highest BCUT2D eigenvalue weighted by Crippen LogP contribution is 2.28. The van der Waals surface area contributed by atoms with Crippen molar-refractivity contribution < 1.29 is 37.3 Å². The molecule has 0 aromatic rings. The Morgan fingerprint density at radius 2 is 0.690 bits per heavy atom. The third kappa shape index (κ3) is 21.4. The average Bonchev–Trinajstić information content (AvgIpc) is 2.57. The van der Waals surface area contributed by atoms with Crippen molar-refractivity contribution in [3.8, 4) is 0 Å². The minimum Gasteiger partial charge on any atom is -0.417 e. The van der Waals surface area contributed by atoms with E-state index in [2.05, 4.69) is 118 Å². The Hall–Kier alpha value is 1.55.